The summed E-state index contributed by atoms with van der Waals surface area (Å²) < 4.78 is 11.0. The van der Waals surface area contributed by atoms with Gasteiger partial charge in [0, 0.05) is 12.6 Å². The van der Waals surface area contributed by atoms with Crippen molar-refractivity contribution in [2.75, 3.05) is 26.4 Å². The quantitative estimate of drug-likeness (QED) is 0.532. The van der Waals surface area contributed by atoms with Crippen LogP contribution in [0.15, 0.2) is 24.3 Å². The highest BCUT2D eigenvalue weighted by Gasteiger charge is 2.06. The lowest BCUT2D eigenvalue weighted by atomic mass is 10.2. The van der Waals surface area contributed by atoms with Crippen molar-refractivity contribution in [2.24, 2.45) is 0 Å². The maximum absolute atomic E-state index is 9.74. The Labute approximate surface area is 140 Å². The normalized spacial score (nSPS) is 13.3. The molecule has 5 heteroatoms. The standard InChI is InChI=1S/C17H29NO3.ClH/c1-4-14(3)18-12-16(19)13-20-10-11-21-17-8-6-15(5-2)7-9-17;/h6-9,14,16,18-19H,4-5,10-13H2,1-3H3;1H/p-1. The van der Waals surface area contributed by atoms with E-state index in [4.69, 9.17) is 9.47 Å². The molecule has 1 aromatic carbocycles. The Kier molecular flexibility index (Phi) is 12.2. The van der Waals surface area contributed by atoms with Gasteiger partial charge in [-0.3, -0.25) is 0 Å². The van der Waals surface area contributed by atoms with Crippen molar-refractivity contribution in [3.05, 3.63) is 29.8 Å². The van der Waals surface area contributed by atoms with E-state index in [2.05, 4.69) is 38.2 Å². The van der Waals surface area contributed by atoms with Crippen LogP contribution in [0.3, 0.4) is 0 Å². The van der Waals surface area contributed by atoms with Crippen LogP contribution in [0.1, 0.15) is 32.8 Å². The molecule has 0 spiro atoms. The molecule has 0 aliphatic heterocycles. The van der Waals surface area contributed by atoms with Crippen LogP contribution in [0.5, 0.6) is 5.75 Å². The van der Waals surface area contributed by atoms with Gasteiger partial charge in [0.2, 0.25) is 0 Å². The molecule has 0 amide bonds. The number of aryl methyl sites for hydroxylation is 1. The van der Waals surface area contributed by atoms with Crippen molar-refractivity contribution >= 4 is 0 Å². The molecule has 128 valence electrons. The summed E-state index contributed by atoms with van der Waals surface area (Å²) in [6, 6.07) is 8.52. The van der Waals surface area contributed by atoms with Crippen LogP contribution in [-0.4, -0.2) is 43.6 Å². The third-order valence-electron chi connectivity index (χ3n) is 3.45. The lowest BCUT2D eigenvalue weighted by Gasteiger charge is -2.16. The van der Waals surface area contributed by atoms with Gasteiger partial charge in [0.05, 0.1) is 19.3 Å². The summed E-state index contributed by atoms with van der Waals surface area (Å²) in [4.78, 5) is 0. The van der Waals surface area contributed by atoms with Crippen LogP contribution in [0.25, 0.3) is 0 Å². The fraction of sp³-hybridized carbons (Fsp3) is 0.647. The van der Waals surface area contributed by atoms with E-state index < -0.39 is 6.10 Å². The monoisotopic (exact) mass is 330 g/mol. The van der Waals surface area contributed by atoms with E-state index in [0.717, 1.165) is 18.6 Å². The third-order valence-corrected chi connectivity index (χ3v) is 3.45. The van der Waals surface area contributed by atoms with Crippen molar-refractivity contribution in [3.63, 3.8) is 0 Å². The number of aliphatic hydroxyl groups is 1. The summed E-state index contributed by atoms with van der Waals surface area (Å²) in [5.41, 5.74) is 1.30. The van der Waals surface area contributed by atoms with Gasteiger partial charge >= 0.3 is 0 Å². The number of hydrogen-bond acceptors (Lipinski definition) is 4. The molecular formula is C17H29ClNO3-. The fourth-order valence-corrected chi connectivity index (χ4v) is 1.80. The van der Waals surface area contributed by atoms with Crippen LogP contribution in [0.4, 0.5) is 0 Å². The van der Waals surface area contributed by atoms with E-state index in [0.29, 0.717) is 32.4 Å². The zero-order chi connectivity index (χ0) is 15.5. The van der Waals surface area contributed by atoms with Gasteiger partial charge in [-0.1, -0.05) is 26.0 Å². The number of hydrogen-bond donors (Lipinski definition) is 2. The highest BCUT2D eigenvalue weighted by atomic mass is 35.5. The second-order valence-corrected chi connectivity index (χ2v) is 5.29. The number of ether oxygens (including phenoxy) is 2. The minimum atomic E-state index is -0.470. The maximum Gasteiger partial charge on any atom is 0.119 e. The van der Waals surface area contributed by atoms with Crippen molar-refractivity contribution in [2.45, 2.75) is 45.8 Å². The zero-order valence-electron chi connectivity index (χ0n) is 13.8. The predicted molar refractivity (Wildman–Crippen MR) is 85.9 cm³/mol. The smallest absolute Gasteiger partial charge is 0.119 e. The molecule has 4 nitrogen and oxygen atoms in total. The summed E-state index contributed by atoms with van der Waals surface area (Å²) in [5.74, 6) is 0.856. The molecule has 2 unspecified atom stereocenters. The van der Waals surface area contributed by atoms with E-state index >= 15 is 0 Å². The number of nitrogens with one attached hydrogen (secondary N) is 1. The Morgan fingerprint density at radius 1 is 1.14 bits per heavy atom. The Hall–Kier alpha value is -0.810. The van der Waals surface area contributed by atoms with Crippen molar-refractivity contribution in [1.82, 2.24) is 5.32 Å². The SMILES string of the molecule is CCc1ccc(OCCOCC(O)CNC(C)CC)cc1.[Cl-]. The molecule has 0 aliphatic carbocycles. The second-order valence-electron chi connectivity index (χ2n) is 5.29. The van der Waals surface area contributed by atoms with E-state index in [1.165, 1.54) is 5.56 Å². The molecule has 1 aromatic rings. The van der Waals surface area contributed by atoms with Crippen molar-refractivity contribution in [1.29, 1.82) is 0 Å². The minimum Gasteiger partial charge on any atom is -1.00 e. The van der Waals surface area contributed by atoms with Gasteiger partial charge in [0.15, 0.2) is 0 Å². The molecule has 2 N–H and O–H groups in total. The lowest BCUT2D eigenvalue weighted by Crippen LogP contribution is -3.00. The molecule has 0 saturated heterocycles. The zero-order valence-corrected chi connectivity index (χ0v) is 14.6. The van der Waals surface area contributed by atoms with Gasteiger partial charge in [-0.15, -0.1) is 0 Å². The maximum atomic E-state index is 9.74. The average molecular weight is 331 g/mol. The second kappa shape index (κ2) is 12.7. The molecule has 2 atom stereocenters. The van der Waals surface area contributed by atoms with Gasteiger partial charge in [-0.05, 0) is 37.5 Å². The van der Waals surface area contributed by atoms with Crippen molar-refractivity contribution < 1.29 is 27.0 Å². The largest absolute Gasteiger partial charge is 1.00 e. The minimum absolute atomic E-state index is 0. The van der Waals surface area contributed by atoms with E-state index in [-0.39, 0.29) is 12.4 Å². The summed E-state index contributed by atoms with van der Waals surface area (Å²) in [6.07, 6.45) is 1.62. The summed E-state index contributed by atoms with van der Waals surface area (Å²) in [5, 5.41) is 13.0. The van der Waals surface area contributed by atoms with Crippen molar-refractivity contribution in [3.8, 4) is 5.75 Å². The molecule has 0 bridgehead atoms. The van der Waals surface area contributed by atoms with Crippen LogP contribution in [-0.2, 0) is 11.2 Å². The Morgan fingerprint density at radius 2 is 1.82 bits per heavy atom. The first-order valence-electron chi connectivity index (χ1n) is 7.86. The van der Waals surface area contributed by atoms with E-state index in [9.17, 15) is 5.11 Å². The van der Waals surface area contributed by atoms with Crippen LogP contribution in [0, 0.1) is 0 Å². The van der Waals surface area contributed by atoms with Crippen LogP contribution in [0.2, 0.25) is 0 Å². The molecular weight excluding hydrogens is 302 g/mol. The highest BCUT2D eigenvalue weighted by Crippen LogP contribution is 2.12. The molecule has 22 heavy (non-hydrogen) atoms. The first kappa shape index (κ1) is 21.2. The fourth-order valence-electron chi connectivity index (χ4n) is 1.80. The van der Waals surface area contributed by atoms with Gasteiger partial charge in [0.25, 0.3) is 0 Å². The van der Waals surface area contributed by atoms with Gasteiger partial charge in [0.1, 0.15) is 12.4 Å². The van der Waals surface area contributed by atoms with Crippen LogP contribution < -0.4 is 22.5 Å². The topological polar surface area (TPSA) is 50.7 Å². The first-order valence-corrected chi connectivity index (χ1v) is 7.86. The molecule has 0 aromatic heterocycles. The Bertz CT molecular complexity index is 373. The summed E-state index contributed by atoms with van der Waals surface area (Å²) >= 11 is 0. The predicted octanol–water partition coefficient (Wildman–Crippen LogP) is -0.603. The Balaban J connectivity index is 0.00000441. The number of aliphatic hydroxyl groups excluding tert-OH is 1. The molecule has 0 saturated carbocycles. The molecule has 0 heterocycles. The molecule has 0 radical (unpaired) electrons. The van der Waals surface area contributed by atoms with Gasteiger partial charge in [-0.25, -0.2) is 0 Å². The van der Waals surface area contributed by atoms with Gasteiger partial charge < -0.3 is 32.3 Å². The third kappa shape index (κ3) is 9.26. The van der Waals surface area contributed by atoms with E-state index in [1.807, 2.05) is 12.1 Å². The average Bonchev–Trinajstić information content (AvgIpc) is 2.52. The molecule has 0 aliphatic rings. The molecule has 0 fully saturated rings. The number of halogens is 1. The summed E-state index contributed by atoms with van der Waals surface area (Å²) in [6.45, 7) is 8.23. The molecule has 1 rings (SSSR count). The first-order chi connectivity index (χ1) is 10.2. The van der Waals surface area contributed by atoms with Gasteiger partial charge in [-0.2, -0.15) is 0 Å². The van der Waals surface area contributed by atoms with E-state index in [1.54, 1.807) is 0 Å². The number of benzene rings is 1. The lowest BCUT2D eigenvalue weighted by molar-refractivity contribution is -0.00000776. The summed E-state index contributed by atoms with van der Waals surface area (Å²) in [7, 11) is 0. The highest BCUT2D eigenvalue weighted by molar-refractivity contribution is 5.27. The number of rotatable bonds is 11. The Morgan fingerprint density at radius 3 is 2.41 bits per heavy atom. The van der Waals surface area contributed by atoms with Crippen LogP contribution >= 0.6 is 0 Å².